The second-order valence-corrected chi connectivity index (χ2v) is 3.13. The molecular weight excluding hydrogens is 141 g/mol. The van der Waals surface area contributed by atoms with Crippen LogP contribution in [0.5, 0.6) is 0 Å². The van der Waals surface area contributed by atoms with E-state index in [1.54, 1.807) is 19.2 Å². The van der Waals surface area contributed by atoms with E-state index in [1.165, 1.54) is 12.8 Å². The second kappa shape index (κ2) is 2.29. The van der Waals surface area contributed by atoms with Crippen molar-refractivity contribution in [1.29, 1.82) is 0 Å². The molecule has 11 heavy (non-hydrogen) atoms. The summed E-state index contributed by atoms with van der Waals surface area (Å²) in [6.45, 7) is 1.74. The Labute approximate surface area is 65.3 Å². The molecule has 1 aromatic rings. The lowest BCUT2D eigenvalue weighted by atomic mass is 10.2. The summed E-state index contributed by atoms with van der Waals surface area (Å²) >= 11 is 0. The lowest BCUT2D eigenvalue weighted by molar-refractivity contribution is 0.612. The van der Waals surface area contributed by atoms with Crippen LogP contribution in [0.1, 0.15) is 30.0 Å². The van der Waals surface area contributed by atoms with E-state index >= 15 is 0 Å². The maximum Gasteiger partial charge on any atom is 0.129 e. The molecule has 2 heteroatoms. The van der Waals surface area contributed by atoms with Gasteiger partial charge in [-0.15, -0.1) is 0 Å². The molecule has 0 spiro atoms. The first kappa shape index (κ1) is 6.77. The summed E-state index contributed by atoms with van der Waals surface area (Å²) in [5, 5.41) is 0. The average molecular weight is 151 g/mol. The summed E-state index contributed by atoms with van der Waals surface area (Å²) in [5.74, 6) is 0.423. The molecule has 1 aromatic heterocycles. The molecule has 2 rings (SSSR count). The Bertz CT molecular complexity index is 279. The molecule has 1 fully saturated rings. The highest BCUT2D eigenvalue weighted by atomic mass is 19.1. The lowest BCUT2D eigenvalue weighted by Gasteiger charge is -1.98. The molecule has 1 aliphatic rings. The maximum absolute atomic E-state index is 12.9. The van der Waals surface area contributed by atoms with Crippen molar-refractivity contribution >= 4 is 0 Å². The molecule has 1 nitrogen and oxygen atoms in total. The lowest BCUT2D eigenvalue weighted by Crippen LogP contribution is -1.90. The molecule has 1 saturated carbocycles. The van der Waals surface area contributed by atoms with Gasteiger partial charge in [0.1, 0.15) is 5.82 Å². The van der Waals surface area contributed by atoms with Crippen LogP contribution in [0.4, 0.5) is 4.39 Å². The monoisotopic (exact) mass is 151 g/mol. The summed E-state index contributed by atoms with van der Waals surface area (Å²) in [6, 6.07) is 1.56. The van der Waals surface area contributed by atoms with Crippen LogP contribution in [0, 0.1) is 12.7 Å². The van der Waals surface area contributed by atoms with Crippen molar-refractivity contribution in [3.63, 3.8) is 0 Å². The minimum absolute atomic E-state index is 0.123. The molecule has 0 atom stereocenters. The molecule has 0 aromatic carbocycles. The number of rotatable bonds is 1. The first-order chi connectivity index (χ1) is 5.27. The van der Waals surface area contributed by atoms with Gasteiger partial charge in [-0.05, 0) is 25.8 Å². The molecule has 0 amide bonds. The van der Waals surface area contributed by atoms with Crippen LogP contribution < -0.4 is 0 Å². The van der Waals surface area contributed by atoms with Crippen molar-refractivity contribution in [3.8, 4) is 0 Å². The van der Waals surface area contributed by atoms with Crippen LogP contribution >= 0.6 is 0 Å². The van der Waals surface area contributed by atoms with Gasteiger partial charge < -0.3 is 0 Å². The molecule has 0 bridgehead atoms. The third-order valence-corrected chi connectivity index (χ3v) is 2.05. The van der Waals surface area contributed by atoms with E-state index in [1.807, 2.05) is 0 Å². The Morgan fingerprint density at radius 1 is 1.55 bits per heavy atom. The summed E-state index contributed by atoms with van der Waals surface area (Å²) in [7, 11) is 0. The zero-order valence-corrected chi connectivity index (χ0v) is 6.47. The van der Waals surface area contributed by atoms with Crippen molar-refractivity contribution in [2.45, 2.75) is 25.7 Å². The number of hydrogen-bond acceptors (Lipinski definition) is 1. The van der Waals surface area contributed by atoms with Gasteiger partial charge in [-0.25, -0.2) is 4.39 Å². The normalized spacial score (nSPS) is 16.9. The van der Waals surface area contributed by atoms with Gasteiger partial charge in [0.2, 0.25) is 0 Å². The van der Waals surface area contributed by atoms with Gasteiger partial charge in [0, 0.05) is 23.4 Å². The van der Waals surface area contributed by atoms with Crippen molar-refractivity contribution in [1.82, 2.24) is 4.98 Å². The minimum atomic E-state index is -0.123. The summed E-state index contributed by atoms with van der Waals surface area (Å²) in [6.07, 6.45) is 3.97. The maximum atomic E-state index is 12.9. The summed E-state index contributed by atoms with van der Waals surface area (Å²) in [4.78, 5) is 4.16. The highest BCUT2D eigenvalue weighted by molar-refractivity contribution is 5.20. The molecule has 1 aliphatic carbocycles. The fourth-order valence-corrected chi connectivity index (χ4v) is 1.12. The number of hydrogen-bond donors (Lipinski definition) is 0. The molecule has 0 saturated heterocycles. The quantitative estimate of drug-likeness (QED) is 0.600. The van der Waals surface area contributed by atoms with E-state index in [4.69, 9.17) is 0 Å². The van der Waals surface area contributed by atoms with Crippen LogP contribution in [-0.2, 0) is 0 Å². The summed E-state index contributed by atoms with van der Waals surface area (Å²) < 4.78 is 12.9. The van der Waals surface area contributed by atoms with Crippen molar-refractivity contribution in [2.24, 2.45) is 0 Å². The van der Waals surface area contributed by atoms with E-state index in [0.717, 1.165) is 5.69 Å². The second-order valence-electron chi connectivity index (χ2n) is 3.13. The molecule has 0 N–H and O–H groups in total. The Hall–Kier alpha value is -0.920. The Balaban J connectivity index is 2.36. The van der Waals surface area contributed by atoms with Crippen molar-refractivity contribution in [2.75, 3.05) is 0 Å². The van der Waals surface area contributed by atoms with E-state index < -0.39 is 0 Å². The topological polar surface area (TPSA) is 12.9 Å². The minimum Gasteiger partial charge on any atom is -0.261 e. The molecular formula is C9H10FN. The standard InChI is InChI=1S/C9H10FN/c1-6-5-11-9(4-8(6)10)7-2-3-7/h4-5,7H,2-3H2,1H3. The third-order valence-electron chi connectivity index (χ3n) is 2.05. The number of aryl methyl sites for hydroxylation is 1. The Kier molecular flexibility index (Phi) is 1.41. The van der Waals surface area contributed by atoms with Gasteiger partial charge in [-0.2, -0.15) is 0 Å². The number of aromatic nitrogens is 1. The van der Waals surface area contributed by atoms with Gasteiger partial charge >= 0.3 is 0 Å². The van der Waals surface area contributed by atoms with Gasteiger partial charge in [0.15, 0.2) is 0 Å². The van der Waals surface area contributed by atoms with Gasteiger partial charge in [-0.1, -0.05) is 0 Å². The first-order valence-electron chi connectivity index (χ1n) is 3.89. The fourth-order valence-electron chi connectivity index (χ4n) is 1.12. The third kappa shape index (κ3) is 1.25. The first-order valence-corrected chi connectivity index (χ1v) is 3.89. The van der Waals surface area contributed by atoms with Crippen molar-refractivity contribution in [3.05, 3.63) is 29.3 Å². The van der Waals surface area contributed by atoms with Crippen LogP contribution in [0.3, 0.4) is 0 Å². The van der Waals surface area contributed by atoms with Gasteiger partial charge in [0.25, 0.3) is 0 Å². The number of pyridine rings is 1. The predicted octanol–water partition coefficient (Wildman–Crippen LogP) is 2.41. The van der Waals surface area contributed by atoms with Crippen LogP contribution in [0.15, 0.2) is 12.3 Å². The number of halogens is 1. The highest BCUT2D eigenvalue weighted by Gasteiger charge is 2.25. The zero-order valence-electron chi connectivity index (χ0n) is 6.47. The Morgan fingerprint density at radius 2 is 2.27 bits per heavy atom. The fraction of sp³-hybridized carbons (Fsp3) is 0.444. The van der Waals surface area contributed by atoms with Crippen molar-refractivity contribution < 1.29 is 4.39 Å². The van der Waals surface area contributed by atoms with E-state index in [2.05, 4.69) is 4.98 Å². The van der Waals surface area contributed by atoms with Gasteiger partial charge in [-0.3, -0.25) is 4.98 Å². The molecule has 1 heterocycles. The molecule has 58 valence electrons. The predicted molar refractivity (Wildman–Crippen MR) is 40.9 cm³/mol. The largest absolute Gasteiger partial charge is 0.261 e. The van der Waals surface area contributed by atoms with Crippen LogP contribution in [-0.4, -0.2) is 4.98 Å². The van der Waals surface area contributed by atoms with E-state index in [9.17, 15) is 4.39 Å². The van der Waals surface area contributed by atoms with Gasteiger partial charge in [0.05, 0.1) is 0 Å². The number of nitrogens with zero attached hydrogens (tertiary/aromatic N) is 1. The zero-order chi connectivity index (χ0) is 7.84. The Morgan fingerprint density at radius 3 is 2.82 bits per heavy atom. The molecule has 0 aliphatic heterocycles. The summed E-state index contributed by atoms with van der Waals surface area (Å²) in [5.41, 5.74) is 1.56. The van der Waals surface area contributed by atoms with Crippen LogP contribution in [0.2, 0.25) is 0 Å². The van der Waals surface area contributed by atoms with Crippen LogP contribution in [0.25, 0.3) is 0 Å². The smallest absolute Gasteiger partial charge is 0.129 e. The molecule has 0 radical (unpaired) electrons. The van der Waals surface area contributed by atoms with E-state index in [0.29, 0.717) is 11.5 Å². The average Bonchev–Trinajstić information content (AvgIpc) is 2.77. The molecule has 0 unspecified atom stereocenters. The van der Waals surface area contributed by atoms with E-state index in [-0.39, 0.29) is 5.82 Å². The SMILES string of the molecule is Cc1cnc(C2CC2)cc1F. The highest BCUT2D eigenvalue weighted by Crippen LogP contribution is 2.39.